The maximum Gasteiger partial charge on any atom is 0.337 e. The number of hydrogen-bond donors (Lipinski definition) is 3. The molecule has 1 heterocycles. The summed E-state index contributed by atoms with van der Waals surface area (Å²) in [5, 5.41) is 21.1. The topological polar surface area (TPSA) is 95.9 Å². The van der Waals surface area contributed by atoms with Gasteiger partial charge in [0.15, 0.2) is 5.60 Å². The zero-order valence-electron chi connectivity index (χ0n) is 12.3. The number of aliphatic hydroxyl groups is 1. The molecule has 0 radical (unpaired) electrons. The number of hydrogen-bond acceptors (Lipinski definition) is 4. The minimum Gasteiger partial charge on any atom is -0.493 e. The largest absolute Gasteiger partial charge is 0.493 e. The average molecular weight is 305 g/mol. The van der Waals surface area contributed by atoms with Gasteiger partial charge in [-0.3, -0.25) is 4.79 Å². The molecule has 3 rings (SSSR count). The number of nitrogens with one attached hydrogen (secondary N) is 1. The Morgan fingerprint density at radius 3 is 2.91 bits per heavy atom. The fourth-order valence-corrected chi connectivity index (χ4v) is 3.16. The average Bonchev–Trinajstić information content (AvgIpc) is 3.20. The van der Waals surface area contributed by atoms with Crippen LogP contribution in [0.1, 0.15) is 25.3 Å². The number of carbonyl (C=O) groups is 2. The zero-order chi connectivity index (χ0) is 16.0. The van der Waals surface area contributed by atoms with Crippen molar-refractivity contribution in [3.8, 4) is 5.75 Å². The Kier molecular flexibility index (Phi) is 3.36. The number of para-hydroxylation sites is 1. The minimum absolute atomic E-state index is 0.192. The third-order valence-electron chi connectivity index (χ3n) is 4.69. The molecular weight excluding hydrogens is 286 g/mol. The summed E-state index contributed by atoms with van der Waals surface area (Å²) in [6, 6.07) is 7.71. The van der Waals surface area contributed by atoms with Gasteiger partial charge in [0.2, 0.25) is 5.91 Å². The maximum atomic E-state index is 12.3. The maximum absolute atomic E-state index is 12.3. The van der Waals surface area contributed by atoms with Crippen LogP contribution in [0.25, 0.3) is 0 Å². The third-order valence-corrected chi connectivity index (χ3v) is 4.69. The van der Waals surface area contributed by atoms with E-state index in [9.17, 15) is 14.7 Å². The number of carbonyl (C=O) groups excluding carboxylic acids is 1. The molecule has 3 atom stereocenters. The first-order chi connectivity index (χ1) is 10.4. The summed E-state index contributed by atoms with van der Waals surface area (Å²) in [7, 11) is 0. The van der Waals surface area contributed by atoms with Gasteiger partial charge in [-0.2, -0.15) is 0 Å². The van der Waals surface area contributed by atoms with Crippen molar-refractivity contribution in [1.82, 2.24) is 5.32 Å². The molecule has 1 saturated carbocycles. The van der Waals surface area contributed by atoms with Crippen LogP contribution in [0.15, 0.2) is 24.3 Å². The molecule has 0 saturated heterocycles. The van der Waals surface area contributed by atoms with E-state index in [1.807, 2.05) is 24.3 Å². The number of carboxylic acids is 1. The standard InChI is InChI=1S/C16H19NO5/c1-15(21,14(19)20)9-17-13(18)11-8-16(11)6-7-22-12-5-3-2-4-10(12)16/h2-5,11,21H,6-9H2,1H3,(H,17,18)(H,19,20). The number of ether oxygens (including phenoxy) is 1. The molecular formula is C16H19NO5. The van der Waals surface area contributed by atoms with Gasteiger partial charge in [0.05, 0.1) is 13.2 Å². The number of carboxylic acid groups (broad SMARTS) is 1. The highest BCUT2D eigenvalue weighted by Crippen LogP contribution is 2.60. The van der Waals surface area contributed by atoms with Crippen LogP contribution in [-0.2, 0) is 15.0 Å². The lowest BCUT2D eigenvalue weighted by atomic mass is 9.87. The predicted octanol–water partition coefficient (Wildman–Crippen LogP) is 0.679. The zero-order valence-corrected chi connectivity index (χ0v) is 12.3. The van der Waals surface area contributed by atoms with Gasteiger partial charge in [-0.25, -0.2) is 4.79 Å². The van der Waals surface area contributed by atoms with Crippen LogP contribution in [0.3, 0.4) is 0 Å². The Labute approximate surface area is 128 Å². The smallest absolute Gasteiger partial charge is 0.337 e. The molecule has 118 valence electrons. The van der Waals surface area contributed by atoms with E-state index in [4.69, 9.17) is 9.84 Å². The second-order valence-electron chi connectivity index (χ2n) is 6.30. The molecule has 0 bridgehead atoms. The van der Waals surface area contributed by atoms with Crippen molar-refractivity contribution >= 4 is 11.9 Å². The molecule has 3 N–H and O–H groups in total. The molecule has 6 nitrogen and oxygen atoms in total. The van der Waals surface area contributed by atoms with Gasteiger partial charge >= 0.3 is 5.97 Å². The van der Waals surface area contributed by atoms with E-state index < -0.39 is 11.6 Å². The monoisotopic (exact) mass is 305 g/mol. The van der Waals surface area contributed by atoms with Crippen molar-refractivity contribution in [2.75, 3.05) is 13.2 Å². The van der Waals surface area contributed by atoms with Gasteiger partial charge in [-0.15, -0.1) is 0 Å². The van der Waals surface area contributed by atoms with Crippen LogP contribution >= 0.6 is 0 Å². The van der Waals surface area contributed by atoms with Crippen molar-refractivity contribution in [2.45, 2.75) is 30.8 Å². The van der Waals surface area contributed by atoms with Gasteiger partial charge in [0, 0.05) is 16.9 Å². The van der Waals surface area contributed by atoms with E-state index >= 15 is 0 Å². The van der Waals surface area contributed by atoms with Crippen molar-refractivity contribution in [1.29, 1.82) is 0 Å². The summed E-state index contributed by atoms with van der Waals surface area (Å²) in [6.45, 7) is 1.45. The second-order valence-corrected chi connectivity index (χ2v) is 6.30. The van der Waals surface area contributed by atoms with Gasteiger partial charge in [0.1, 0.15) is 5.75 Å². The Morgan fingerprint density at radius 2 is 2.18 bits per heavy atom. The number of fused-ring (bicyclic) bond motifs is 2. The molecule has 1 amide bonds. The van der Waals surface area contributed by atoms with Gasteiger partial charge in [-0.05, 0) is 25.8 Å². The van der Waals surface area contributed by atoms with E-state index in [1.54, 1.807) is 0 Å². The molecule has 1 spiro atoms. The van der Waals surface area contributed by atoms with Crippen LogP contribution < -0.4 is 10.1 Å². The van der Waals surface area contributed by atoms with E-state index in [-0.39, 0.29) is 23.8 Å². The summed E-state index contributed by atoms with van der Waals surface area (Å²) in [5.74, 6) is -0.934. The highest BCUT2D eigenvalue weighted by molar-refractivity contribution is 5.86. The highest BCUT2D eigenvalue weighted by Gasteiger charge is 2.61. The normalized spacial score (nSPS) is 28.2. The fraction of sp³-hybridized carbons (Fsp3) is 0.500. The number of benzene rings is 1. The number of aliphatic carboxylic acids is 1. The molecule has 2 aliphatic rings. The first kappa shape index (κ1) is 14.8. The number of amides is 1. The Hall–Kier alpha value is -2.08. The van der Waals surface area contributed by atoms with Crippen LogP contribution in [0.4, 0.5) is 0 Å². The van der Waals surface area contributed by atoms with Gasteiger partial charge < -0.3 is 20.3 Å². The second kappa shape index (κ2) is 4.98. The lowest BCUT2D eigenvalue weighted by molar-refractivity contribution is -0.156. The summed E-state index contributed by atoms with van der Waals surface area (Å²) in [6.07, 6.45) is 1.51. The molecule has 1 aromatic rings. The van der Waals surface area contributed by atoms with Crippen LogP contribution in [0.2, 0.25) is 0 Å². The molecule has 1 aliphatic heterocycles. The summed E-state index contributed by atoms with van der Waals surface area (Å²) in [4.78, 5) is 23.2. The first-order valence-electron chi connectivity index (χ1n) is 7.33. The van der Waals surface area contributed by atoms with Crippen molar-refractivity contribution in [2.24, 2.45) is 5.92 Å². The van der Waals surface area contributed by atoms with E-state index in [1.165, 1.54) is 6.92 Å². The van der Waals surface area contributed by atoms with Crippen molar-refractivity contribution in [3.63, 3.8) is 0 Å². The Morgan fingerprint density at radius 1 is 1.45 bits per heavy atom. The van der Waals surface area contributed by atoms with Crippen LogP contribution in [0.5, 0.6) is 5.75 Å². The van der Waals surface area contributed by atoms with E-state index in [2.05, 4.69) is 5.32 Å². The first-order valence-corrected chi connectivity index (χ1v) is 7.33. The van der Waals surface area contributed by atoms with Gasteiger partial charge in [-0.1, -0.05) is 18.2 Å². The van der Waals surface area contributed by atoms with Crippen molar-refractivity contribution < 1.29 is 24.5 Å². The summed E-state index contributed by atoms with van der Waals surface area (Å²) >= 11 is 0. The van der Waals surface area contributed by atoms with E-state index in [0.29, 0.717) is 6.61 Å². The van der Waals surface area contributed by atoms with Crippen molar-refractivity contribution in [3.05, 3.63) is 29.8 Å². The lowest BCUT2D eigenvalue weighted by Gasteiger charge is -2.27. The lowest BCUT2D eigenvalue weighted by Crippen LogP contribution is -2.47. The Balaban J connectivity index is 1.70. The summed E-state index contributed by atoms with van der Waals surface area (Å²) in [5.41, 5.74) is -1.11. The fourth-order valence-electron chi connectivity index (χ4n) is 3.16. The molecule has 1 aliphatic carbocycles. The quantitative estimate of drug-likeness (QED) is 0.760. The third kappa shape index (κ3) is 2.33. The molecule has 1 fully saturated rings. The molecule has 3 unspecified atom stereocenters. The highest BCUT2D eigenvalue weighted by atomic mass is 16.5. The van der Waals surface area contributed by atoms with E-state index in [0.717, 1.165) is 24.2 Å². The molecule has 0 aromatic heterocycles. The SMILES string of the molecule is CC(O)(CNC(=O)C1CC12CCOc1ccccc12)C(=O)O. The number of rotatable bonds is 4. The minimum atomic E-state index is -1.95. The summed E-state index contributed by atoms with van der Waals surface area (Å²) < 4.78 is 5.62. The predicted molar refractivity (Wildman–Crippen MR) is 77.6 cm³/mol. The van der Waals surface area contributed by atoms with Gasteiger partial charge in [0.25, 0.3) is 0 Å². The van der Waals surface area contributed by atoms with Crippen LogP contribution in [0, 0.1) is 5.92 Å². The molecule has 22 heavy (non-hydrogen) atoms. The molecule has 6 heteroatoms. The Bertz CT molecular complexity index is 627. The van der Waals surface area contributed by atoms with Crippen LogP contribution in [-0.4, -0.2) is 40.8 Å². The molecule has 1 aromatic carbocycles.